The van der Waals surface area contributed by atoms with Crippen molar-refractivity contribution in [2.24, 2.45) is 10.7 Å². The molecule has 0 amide bonds. The summed E-state index contributed by atoms with van der Waals surface area (Å²) in [6.45, 7) is 7.99. The number of anilines is 1. The molecule has 0 aliphatic carbocycles. The second-order valence-electron chi connectivity index (χ2n) is 7.49. The molecular weight excluding hydrogens is 398 g/mol. The lowest BCUT2D eigenvalue weighted by atomic mass is 10.2. The minimum Gasteiger partial charge on any atom is -0.370 e. The zero-order valence-corrected chi connectivity index (χ0v) is 18.0. The molecule has 1 saturated heterocycles. The van der Waals surface area contributed by atoms with Gasteiger partial charge in [0, 0.05) is 48.8 Å². The summed E-state index contributed by atoms with van der Waals surface area (Å²) in [6, 6.07) is 14.0. The number of piperazine rings is 1. The number of rotatable bonds is 4. The molecule has 30 heavy (non-hydrogen) atoms. The summed E-state index contributed by atoms with van der Waals surface area (Å²) in [5.74, 6) is 1.38. The summed E-state index contributed by atoms with van der Waals surface area (Å²) in [4.78, 5) is 13.6. The smallest absolute Gasteiger partial charge is 0.191 e. The Bertz CT molecular complexity index is 1020. The Hall–Kier alpha value is -3.06. The van der Waals surface area contributed by atoms with E-state index in [9.17, 15) is 0 Å². The van der Waals surface area contributed by atoms with E-state index in [-0.39, 0.29) is 0 Å². The van der Waals surface area contributed by atoms with Crippen LogP contribution < -0.4 is 10.6 Å². The van der Waals surface area contributed by atoms with Gasteiger partial charge in [-0.2, -0.15) is 5.10 Å². The summed E-state index contributed by atoms with van der Waals surface area (Å²) in [5.41, 5.74) is 10.5. The van der Waals surface area contributed by atoms with Gasteiger partial charge in [-0.1, -0.05) is 17.7 Å². The zero-order valence-electron chi connectivity index (χ0n) is 17.3. The van der Waals surface area contributed by atoms with E-state index in [2.05, 4.69) is 37.0 Å². The summed E-state index contributed by atoms with van der Waals surface area (Å²) < 4.78 is 1.84. The van der Waals surface area contributed by atoms with Crippen LogP contribution in [0, 0.1) is 13.8 Å². The second kappa shape index (κ2) is 8.75. The number of nitrogens with zero attached hydrogens (tertiary/aromatic N) is 6. The molecule has 2 aromatic heterocycles. The number of benzene rings is 1. The number of guanidine groups is 1. The highest BCUT2D eigenvalue weighted by molar-refractivity contribution is 6.30. The molecular formula is C22H26ClN7. The number of aryl methyl sites for hydroxylation is 2. The first kappa shape index (κ1) is 20.2. The van der Waals surface area contributed by atoms with Crippen LogP contribution in [0.25, 0.3) is 5.82 Å². The maximum Gasteiger partial charge on any atom is 0.191 e. The largest absolute Gasteiger partial charge is 0.370 e. The Labute approximate surface area is 181 Å². The van der Waals surface area contributed by atoms with E-state index in [1.54, 1.807) is 0 Å². The Balaban J connectivity index is 1.33. The van der Waals surface area contributed by atoms with Crippen LogP contribution >= 0.6 is 11.6 Å². The monoisotopic (exact) mass is 423 g/mol. The van der Waals surface area contributed by atoms with E-state index < -0.39 is 0 Å². The number of aromatic nitrogens is 3. The molecule has 0 saturated carbocycles. The molecule has 3 heterocycles. The van der Waals surface area contributed by atoms with E-state index >= 15 is 0 Å². The predicted octanol–water partition coefficient (Wildman–Crippen LogP) is 3.17. The maximum atomic E-state index is 6.25. The van der Waals surface area contributed by atoms with Crippen molar-refractivity contribution in [3.8, 4) is 5.82 Å². The fourth-order valence-electron chi connectivity index (χ4n) is 3.61. The molecule has 3 aromatic rings. The number of hydrogen-bond acceptors (Lipinski definition) is 4. The summed E-state index contributed by atoms with van der Waals surface area (Å²) in [6.07, 6.45) is 1.83. The first-order valence-corrected chi connectivity index (χ1v) is 10.4. The van der Waals surface area contributed by atoms with Gasteiger partial charge in [-0.05, 0) is 55.8 Å². The standard InChI is InChI=1S/C22H26ClN7/c1-16-13-17(2)30(27-16)21-8-3-18(14-25-21)15-26-22(24)29-11-9-28(10-12-29)20-6-4-19(23)5-7-20/h3-8,13-14H,9-12,15H2,1-2H3,(H2,24,26). The molecule has 2 N–H and O–H groups in total. The minimum absolute atomic E-state index is 0.508. The van der Waals surface area contributed by atoms with Crippen molar-refractivity contribution in [3.63, 3.8) is 0 Å². The molecule has 0 unspecified atom stereocenters. The Morgan fingerprint density at radius 1 is 1.07 bits per heavy atom. The summed E-state index contributed by atoms with van der Waals surface area (Å²) >= 11 is 5.98. The number of hydrogen-bond donors (Lipinski definition) is 1. The van der Waals surface area contributed by atoms with Crippen molar-refractivity contribution in [2.45, 2.75) is 20.4 Å². The van der Waals surface area contributed by atoms with Crippen LogP contribution in [0.1, 0.15) is 17.0 Å². The molecule has 7 nitrogen and oxygen atoms in total. The van der Waals surface area contributed by atoms with E-state index in [0.717, 1.165) is 54.0 Å². The first-order chi connectivity index (χ1) is 14.5. The van der Waals surface area contributed by atoms with Crippen molar-refractivity contribution >= 4 is 23.2 Å². The summed E-state index contributed by atoms with van der Waals surface area (Å²) in [7, 11) is 0. The van der Waals surface area contributed by atoms with Crippen LogP contribution in [0.15, 0.2) is 53.7 Å². The van der Waals surface area contributed by atoms with Crippen molar-refractivity contribution in [1.29, 1.82) is 0 Å². The Kier molecular flexibility index (Phi) is 5.90. The molecule has 1 aromatic carbocycles. The van der Waals surface area contributed by atoms with Crippen molar-refractivity contribution in [2.75, 3.05) is 31.1 Å². The third kappa shape index (κ3) is 4.57. The molecule has 1 aliphatic rings. The third-order valence-electron chi connectivity index (χ3n) is 5.25. The van der Waals surface area contributed by atoms with Gasteiger partial charge in [0.15, 0.2) is 11.8 Å². The Morgan fingerprint density at radius 3 is 2.40 bits per heavy atom. The van der Waals surface area contributed by atoms with Gasteiger partial charge in [-0.15, -0.1) is 0 Å². The fraction of sp³-hybridized carbons (Fsp3) is 0.318. The highest BCUT2D eigenvalue weighted by Crippen LogP contribution is 2.19. The molecule has 0 radical (unpaired) electrons. The molecule has 4 rings (SSSR count). The fourth-order valence-corrected chi connectivity index (χ4v) is 3.74. The van der Waals surface area contributed by atoms with Crippen LogP contribution in [0.2, 0.25) is 5.02 Å². The summed E-state index contributed by atoms with van der Waals surface area (Å²) in [5, 5.41) is 5.22. The lowest BCUT2D eigenvalue weighted by molar-refractivity contribution is 0.380. The predicted molar refractivity (Wildman–Crippen MR) is 121 cm³/mol. The average Bonchev–Trinajstić information content (AvgIpc) is 3.11. The molecule has 0 bridgehead atoms. The van der Waals surface area contributed by atoms with Crippen molar-refractivity contribution < 1.29 is 0 Å². The molecule has 1 fully saturated rings. The number of pyridine rings is 1. The lowest BCUT2D eigenvalue weighted by Crippen LogP contribution is -2.51. The molecule has 0 spiro atoms. The lowest BCUT2D eigenvalue weighted by Gasteiger charge is -2.36. The molecule has 0 atom stereocenters. The molecule has 156 valence electrons. The zero-order chi connectivity index (χ0) is 21.1. The van der Waals surface area contributed by atoms with Crippen LogP contribution in [-0.4, -0.2) is 51.8 Å². The van der Waals surface area contributed by atoms with Crippen molar-refractivity contribution in [3.05, 3.63) is 70.6 Å². The highest BCUT2D eigenvalue weighted by Gasteiger charge is 2.18. The van der Waals surface area contributed by atoms with Gasteiger partial charge in [0.1, 0.15) is 0 Å². The molecule has 8 heteroatoms. The van der Waals surface area contributed by atoms with Gasteiger partial charge in [0.25, 0.3) is 0 Å². The van der Waals surface area contributed by atoms with Gasteiger partial charge >= 0.3 is 0 Å². The van der Waals surface area contributed by atoms with Crippen LogP contribution in [0.3, 0.4) is 0 Å². The van der Waals surface area contributed by atoms with E-state index in [0.29, 0.717) is 12.5 Å². The van der Waals surface area contributed by atoms with E-state index in [4.69, 9.17) is 17.3 Å². The quantitative estimate of drug-likeness (QED) is 0.515. The van der Waals surface area contributed by atoms with Crippen LogP contribution in [-0.2, 0) is 6.54 Å². The van der Waals surface area contributed by atoms with Gasteiger partial charge < -0.3 is 15.5 Å². The van der Waals surface area contributed by atoms with Gasteiger partial charge in [-0.3, -0.25) is 0 Å². The SMILES string of the molecule is Cc1cc(C)n(-c2ccc(CN=C(N)N3CCN(c4ccc(Cl)cc4)CC3)cn2)n1. The number of aliphatic imine (C=N–C) groups is 1. The van der Waals surface area contributed by atoms with Crippen LogP contribution in [0.5, 0.6) is 0 Å². The minimum atomic E-state index is 0.508. The van der Waals surface area contributed by atoms with Crippen LogP contribution in [0.4, 0.5) is 5.69 Å². The van der Waals surface area contributed by atoms with Gasteiger partial charge in [0.05, 0.1) is 12.2 Å². The Morgan fingerprint density at radius 2 is 1.80 bits per heavy atom. The van der Waals surface area contributed by atoms with Gasteiger partial charge in [0.2, 0.25) is 0 Å². The first-order valence-electron chi connectivity index (χ1n) is 10.0. The third-order valence-corrected chi connectivity index (χ3v) is 5.51. The second-order valence-corrected chi connectivity index (χ2v) is 7.92. The maximum absolute atomic E-state index is 6.25. The normalized spacial score (nSPS) is 15.0. The van der Waals surface area contributed by atoms with E-state index in [1.165, 1.54) is 5.69 Å². The van der Waals surface area contributed by atoms with E-state index in [1.807, 2.05) is 55.1 Å². The van der Waals surface area contributed by atoms with Crippen molar-refractivity contribution in [1.82, 2.24) is 19.7 Å². The number of halogens is 1. The molecule has 1 aliphatic heterocycles. The topological polar surface area (TPSA) is 75.6 Å². The number of nitrogens with two attached hydrogens (primary N) is 1. The van der Waals surface area contributed by atoms with Gasteiger partial charge in [-0.25, -0.2) is 14.7 Å². The highest BCUT2D eigenvalue weighted by atomic mass is 35.5. The average molecular weight is 424 g/mol.